The summed E-state index contributed by atoms with van der Waals surface area (Å²) in [7, 11) is 0. The molecule has 1 fully saturated rings. The van der Waals surface area contributed by atoms with Gasteiger partial charge in [0.25, 0.3) is 0 Å². The van der Waals surface area contributed by atoms with Gasteiger partial charge in [-0.1, -0.05) is 90.6 Å². The zero-order valence-electron chi connectivity index (χ0n) is 18.3. The van der Waals surface area contributed by atoms with Gasteiger partial charge in [-0.3, -0.25) is 9.36 Å². The Kier molecular flexibility index (Phi) is 6.53. The van der Waals surface area contributed by atoms with Crippen molar-refractivity contribution in [2.75, 3.05) is 5.75 Å². The van der Waals surface area contributed by atoms with Gasteiger partial charge in [0, 0.05) is 11.6 Å². The molecule has 5 nitrogen and oxygen atoms in total. The van der Waals surface area contributed by atoms with E-state index in [1.165, 1.54) is 17.3 Å². The van der Waals surface area contributed by atoms with E-state index in [0.29, 0.717) is 5.92 Å². The molecular weight excluding hydrogens is 428 g/mol. The maximum atomic E-state index is 13.0. The number of para-hydroxylation sites is 1. The van der Waals surface area contributed by atoms with Crippen LogP contribution in [0.1, 0.15) is 41.8 Å². The van der Waals surface area contributed by atoms with Crippen molar-refractivity contribution in [2.45, 2.75) is 36.4 Å². The second-order valence-electron chi connectivity index (χ2n) is 8.30. The number of nitrogens with one attached hydrogen (secondary N) is 1. The third kappa shape index (κ3) is 5.34. The van der Waals surface area contributed by atoms with Crippen LogP contribution >= 0.6 is 11.8 Å². The Balaban J connectivity index is 1.30. The lowest BCUT2D eigenvalue weighted by molar-refractivity contribution is -0.119. The van der Waals surface area contributed by atoms with Crippen LogP contribution in [-0.2, 0) is 11.2 Å². The van der Waals surface area contributed by atoms with Crippen LogP contribution in [0.2, 0.25) is 0 Å². The zero-order chi connectivity index (χ0) is 22.5. The predicted octanol–water partition coefficient (Wildman–Crippen LogP) is 5.34. The van der Waals surface area contributed by atoms with Crippen LogP contribution in [0.4, 0.5) is 0 Å². The first-order valence-corrected chi connectivity index (χ1v) is 12.3. The average Bonchev–Trinajstić information content (AvgIpc) is 3.63. The summed E-state index contributed by atoms with van der Waals surface area (Å²) in [6.07, 6.45) is 3.04. The van der Waals surface area contributed by atoms with Crippen molar-refractivity contribution in [2.24, 2.45) is 0 Å². The van der Waals surface area contributed by atoms with Crippen molar-refractivity contribution in [3.05, 3.63) is 108 Å². The second kappa shape index (κ2) is 10.0. The van der Waals surface area contributed by atoms with Gasteiger partial charge < -0.3 is 5.32 Å². The predicted molar refractivity (Wildman–Crippen MR) is 132 cm³/mol. The molecule has 33 heavy (non-hydrogen) atoms. The van der Waals surface area contributed by atoms with E-state index in [9.17, 15) is 4.79 Å². The van der Waals surface area contributed by atoms with Gasteiger partial charge in [-0.25, -0.2) is 0 Å². The molecular formula is C27H26N4OS. The van der Waals surface area contributed by atoms with Crippen molar-refractivity contribution >= 4 is 17.7 Å². The number of thioether (sulfide) groups is 1. The summed E-state index contributed by atoms with van der Waals surface area (Å²) in [6, 6.07) is 30.5. The number of rotatable bonds is 9. The van der Waals surface area contributed by atoms with E-state index in [-0.39, 0.29) is 17.7 Å². The van der Waals surface area contributed by atoms with Crippen molar-refractivity contribution in [1.82, 2.24) is 20.1 Å². The standard InChI is InChI=1S/C27H26N4OS/c32-25(28-24(21-12-6-2-7-13-21)18-20-10-4-1-5-11-20)19-33-27-30-29-26(22-16-17-22)31(27)23-14-8-3-9-15-23/h1-15,22,24H,16-19H2,(H,28,32). The largest absolute Gasteiger partial charge is 0.348 e. The lowest BCUT2D eigenvalue weighted by Gasteiger charge is -2.19. The summed E-state index contributed by atoms with van der Waals surface area (Å²) < 4.78 is 2.11. The van der Waals surface area contributed by atoms with Crippen molar-refractivity contribution in [1.29, 1.82) is 0 Å². The van der Waals surface area contributed by atoms with Crippen LogP contribution in [-0.4, -0.2) is 26.4 Å². The number of carbonyl (C=O) groups excluding carboxylic acids is 1. The lowest BCUT2D eigenvalue weighted by atomic mass is 9.99. The maximum absolute atomic E-state index is 13.0. The first kappa shape index (κ1) is 21.5. The minimum atomic E-state index is -0.0873. The quantitative estimate of drug-likeness (QED) is 0.347. The highest BCUT2D eigenvalue weighted by atomic mass is 32.2. The Hall–Kier alpha value is -3.38. The third-order valence-corrected chi connectivity index (χ3v) is 6.70. The molecule has 0 aliphatic heterocycles. The van der Waals surface area contributed by atoms with Gasteiger partial charge in [0.2, 0.25) is 5.91 Å². The molecule has 5 rings (SSSR count). The van der Waals surface area contributed by atoms with Crippen LogP contribution in [0.5, 0.6) is 0 Å². The summed E-state index contributed by atoms with van der Waals surface area (Å²) in [4.78, 5) is 13.0. The fourth-order valence-electron chi connectivity index (χ4n) is 3.95. The van der Waals surface area contributed by atoms with Crippen molar-refractivity contribution in [3.8, 4) is 5.69 Å². The molecule has 1 saturated carbocycles. The molecule has 4 aromatic rings. The van der Waals surface area contributed by atoms with E-state index in [2.05, 4.69) is 56.5 Å². The Bertz CT molecular complexity index is 1190. The fraction of sp³-hybridized carbons (Fsp3) is 0.222. The molecule has 1 aliphatic carbocycles. The monoisotopic (exact) mass is 454 g/mol. The van der Waals surface area contributed by atoms with E-state index in [1.54, 1.807) is 0 Å². The van der Waals surface area contributed by atoms with Crippen LogP contribution in [0.25, 0.3) is 5.69 Å². The Morgan fingerprint density at radius 3 is 2.21 bits per heavy atom. The molecule has 3 aromatic carbocycles. The minimum Gasteiger partial charge on any atom is -0.348 e. The molecule has 1 heterocycles. The molecule has 1 amide bonds. The summed E-state index contributed by atoms with van der Waals surface area (Å²) >= 11 is 1.44. The van der Waals surface area contributed by atoms with Crippen LogP contribution in [0.3, 0.4) is 0 Å². The molecule has 0 spiro atoms. The van der Waals surface area contributed by atoms with Gasteiger partial charge in [0.1, 0.15) is 5.82 Å². The first-order valence-electron chi connectivity index (χ1n) is 11.3. The molecule has 1 atom stereocenters. The van der Waals surface area contributed by atoms with Gasteiger partial charge in [-0.2, -0.15) is 0 Å². The first-order chi connectivity index (χ1) is 16.3. The molecule has 166 valence electrons. The number of hydrogen-bond donors (Lipinski definition) is 1. The number of nitrogens with zero attached hydrogens (tertiary/aromatic N) is 3. The molecule has 0 bridgehead atoms. The third-order valence-electron chi connectivity index (χ3n) is 5.77. The lowest BCUT2D eigenvalue weighted by Crippen LogP contribution is -2.31. The van der Waals surface area contributed by atoms with Crippen LogP contribution in [0, 0.1) is 0 Å². The normalized spacial score (nSPS) is 14.1. The smallest absolute Gasteiger partial charge is 0.230 e. The van der Waals surface area contributed by atoms with Crippen LogP contribution < -0.4 is 5.32 Å². The fourth-order valence-corrected chi connectivity index (χ4v) is 4.72. The van der Waals surface area contributed by atoms with Gasteiger partial charge in [0.05, 0.1) is 11.8 Å². The highest BCUT2D eigenvalue weighted by molar-refractivity contribution is 7.99. The SMILES string of the molecule is O=C(CSc1nnc(C2CC2)n1-c1ccccc1)NC(Cc1ccccc1)c1ccccc1. The molecule has 1 unspecified atom stereocenters. The number of hydrogen-bond acceptors (Lipinski definition) is 4. The Morgan fingerprint density at radius 1 is 0.909 bits per heavy atom. The molecule has 1 aromatic heterocycles. The van der Waals surface area contributed by atoms with E-state index in [0.717, 1.165) is 41.5 Å². The number of benzene rings is 3. The second-order valence-corrected chi connectivity index (χ2v) is 9.24. The zero-order valence-corrected chi connectivity index (χ0v) is 19.1. The summed E-state index contributed by atoms with van der Waals surface area (Å²) in [5, 5.41) is 12.9. The number of amides is 1. The van der Waals surface area contributed by atoms with E-state index < -0.39 is 0 Å². The number of aromatic nitrogens is 3. The van der Waals surface area contributed by atoms with Crippen molar-refractivity contribution < 1.29 is 4.79 Å². The average molecular weight is 455 g/mol. The highest BCUT2D eigenvalue weighted by Crippen LogP contribution is 2.41. The van der Waals surface area contributed by atoms with E-state index >= 15 is 0 Å². The Labute approximate surface area is 198 Å². The van der Waals surface area contributed by atoms with Crippen molar-refractivity contribution in [3.63, 3.8) is 0 Å². The van der Waals surface area contributed by atoms with Gasteiger partial charge >= 0.3 is 0 Å². The highest BCUT2D eigenvalue weighted by Gasteiger charge is 2.31. The number of carbonyl (C=O) groups is 1. The molecule has 1 aliphatic rings. The summed E-state index contributed by atoms with van der Waals surface area (Å²) in [5.74, 6) is 1.73. The molecule has 6 heteroatoms. The Morgan fingerprint density at radius 2 is 1.55 bits per heavy atom. The topological polar surface area (TPSA) is 59.8 Å². The maximum Gasteiger partial charge on any atom is 0.230 e. The van der Waals surface area contributed by atoms with Gasteiger partial charge in [0.15, 0.2) is 5.16 Å². The van der Waals surface area contributed by atoms with Crippen LogP contribution in [0.15, 0.2) is 96.2 Å². The summed E-state index contributed by atoms with van der Waals surface area (Å²) in [6.45, 7) is 0. The molecule has 0 saturated heterocycles. The molecule has 0 radical (unpaired) electrons. The summed E-state index contributed by atoms with van der Waals surface area (Å²) in [5.41, 5.74) is 3.33. The van der Waals surface area contributed by atoms with Gasteiger partial charge in [-0.15, -0.1) is 10.2 Å². The van der Waals surface area contributed by atoms with E-state index in [4.69, 9.17) is 0 Å². The van der Waals surface area contributed by atoms with E-state index in [1.807, 2.05) is 54.6 Å². The van der Waals surface area contributed by atoms with Gasteiger partial charge in [-0.05, 0) is 42.5 Å². The molecule has 1 N–H and O–H groups in total. The minimum absolute atomic E-state index is 0.0135.